The van der Waals surface area contributed by atoms with Gasteiger partial charge in [-0.3, -0.25) is 0 Å². The Morgan fingerprint density at radius 2 is 2.06 bits per heavy atom. The molecule has 0 saturated heterocycles. The van der Waals surface area contributed by atoms with E-state index in [9.17, 15) is 4.79 Å². The number of hydrogen-bond acceptors (Lipinski definition) is 3. The van der Waals surface area contributed by atoms with E-state index in [2.05, 4.69) is 4.98 Å². The van der Waals surface area contributed by atoms with Gasteiger partial charge in [-0.2, -0.15) is 0 Å². The van der Waals surface area contributed by atoms with Gasteiger partial charge in [0.2, 0.25) is 0 Å². The lowest BCUT2D eigenvalue weighted by molar-refractivity contribution is 0.0697. The average molecular weight is 283 g/mol. The maximum Gasteiger partial charge on any atom is 0.339 e. The van der Waals surface area contributed by atoms with Crippen LogP contribution in [0.25, 0.3) is 0 Å². The molecule has 1 heterocycles. The van der Waals surface area contributed by atoms with Crippen molar-refractivity contribution in [1.82, 2.24) is 4.98 Å². The Kier molecular flexibility index (Phi) is 3.69. The number of anilines is 2. The first-order chi connectivity index (χ1) is 8.59. The number of halogens is 2. The molecule has 0 aliphatic heterocycles. The third kappa shape index (κ3) is 2.55. The summed E-state index contributed by atoms with van der Waals surface area (Å²) in [6.45, 7) is 0. The van der Waals surface area contributed by atoms with Crippen LogP contribution in [0.4, 0.5) is 11.5 Å². The number of aromatic carboxylic acids is 1. The molecule has 0 bridgehead atoms. The lowest BCUT2D eigenvalue weighted by Crippen LogP contribution is -2.10. The lowest BCUT2D eigenvalue weighted by Gasteiger charge is -2.16. The molecule has 2 aromatic rings. The van der Waals surface area contributed by atoms with Gasteiger partial charge in [-0.1, -0.05) is 17.7 Å². The first-order valence-corrected chi connectivity index (χ1v) is 5.71. The van der Waals surface area contributed by atoms with E-state index >= 15 is 0 Å². The molecule has 0 unspecified atom stereocenters. The second kappa shape index (κ2) is 5.25. The van der Waals surface area contributed by atoms with Crippen LogP contribution in [-0.2, 0) is 0 Å². The van der Waals surface area contributed by atoms with Crippen molar-refractivity contribution in [3.05, 3.63) is 53.2 Å². The molecule has 0 aliphatic rings. The van der Waals surface area contributed by atoms with Crippen LogP contribution in [-0.4, -0.2) is 16.1 Å². The van der Waals surface area contributed by atoms with Crippen LogP contribution in [0.5, 0.6) is 0 Å². The number of hydrogen-bond donors (Lipinski definition) is 1. The molecular formula is C12H8Cl2N2O2. The highest BCUT2D eigenvalue weighted by Gasteiger charge is 2.17. The van der Waals surface area contributed by atoms with Crippen LogP contribution in [0.1, 0.15) is 10.4 Å². The Balaban J connectivity index is 2.46. The van der Waals surface area contributed by atoms with Crippen molar-refractivity contribution in [3.8, 4) is 0 Å². The zero-order valence-electron chi connectivity index (χ0n) is 9.05. The van der Waals surface area contributed by atoms with E-state index in [4.69, 9.17) is 28.5 Å². The van der Waals surface area contributed by atoms with Gasteiger partial charge in [0.05, 0.1) is 5.69 Å². The molecule has 1 aromatic carbocycles. The van der Waals surface area contributed by atoms with E-state index in [1.54, 1.807) is 24.3 Å². The van der Waals surface area contributed by atoms with Crippen molar-refractivity contribution >= 4 is 40.9 Å². The first-order valence-electron chi connectivity index (χ1n) is 4.99. The van der Waals surface area contributed by atoms with Crippen LogP contribution in [0.3, 0.4) is 0 Å². The molecule has 1 aromatic heterocycles. The fourth-order valence-corrected chi connectivity index (χ4v) is 1.87. The predicted octanol–water partition coefficient (Wildman–Crippen LogP) is 3.73. The van der Waals surface area contributed by atoms with Crippen LogP contribution in [0.2, 0.25) is 5.02 Å². The summed E-state index contributed by atoms with van der Waals surface area (Å²) in [4.78, 5) is 15.0. The van der Waals surface area contributed by atoms with Crippen molar-refractivity contribution in [3.63, 3.8) is 0 Å². The molecule has 0 fully saturated rings. The predicted molar refractivity (Wildman–Crippen MR) is 70.6 cm³/mol. The van der Waals surface area contributed by atoms with Gasteiger partial charge in [0.25, 0.3) is 0 Å². The zero-order valence-corrected chi connectivity index (χ0v) is 10.6. The smallest absolute Gasteiger partial charge is 0.339 e. The van der Waals surface area contributed by atoms with Gasteiger partial charge in [-0.15, -0.1) is 0 Å². The molecule has 0 radical (unpaired) electrons. The summed E-state index contributed by atoms with van der Waals surface area (Å²) in [6, 6.07) is 9.72. The number of carboxylic acids is 1. The number of benzene rings is 1. The summed E-state index contributed by atoms with van der Waals surface area (Å²) in [7, 11) is 0. The highest BCUT2D eigenvalue weighted by Crippen LogP contribution is 2.30. The van der Waals surface area contributed by atoms with E-state index in [-0.39, 0.29) is 11.4 Å². The summed E-state index contributed by atoms with van der Waals surface area (Å²) >= 11 is 12.0. The molecule has 0 saturated carbocycles. The summed E-state index contributed by atoms with van der Waals surface area (Å²) in [5.41, 5.74) is 0.567. The normalized spacial score (nSPS) is 10.1. The van der Waals surface area contributed by atoms with Gasteiger partial charge in [-0.05, 0) is 30.3 Å². The Hall–Kier alpha value is -1.78. The van der Waals surface area contributed by atoms with Crippen LogP contribution >= 0.6 is 23.4 Å². The monoisotopic (exact) mass is 282 g/mol. The number of carbonyl (C=O) groups is 1. The summed E-state index contributed by atoms with van der Waals surface area (Å²) < 4.78 is 1.16. The van der Waals surface area contributed by atoms with Crippen molar-refractivity contribution in [1.29, 1.82) is 0 Å². The molecule has 0 aliphatic carbocycles. The first kappa shape index (κ1) is 12.7. The minimum absolute atomic E-state index is 0.0208. The molecule has 2 rings (SSSR count). The Morgan fingerprint density at radius 1 is 1.28 bits per heavy atom. The highest BCUT2D eigenvalue weighted by molar-refractivity contribution is 6.32. The second-order valence-corrected chi connectivity index (χ2v) is 4.21. The molecule has 1 N–H and O–H groups in total. The Bertz CT molecular complexity index is 590. The average Bonchev–Trinajstić information content (AvgIpc) is 2.38. The molecule has 4 nitrogen and oxygen atoms in total. The largest absolute Gasteiger partial charge is 0.478 e. The lowest BCUT2D eigenvalue weighted by atomic mass is 10.2. The van der Waals surface area contributed by atoms with Crippen LogP contribution in [0, 0.1) is 0 Å². The molecule has 0 spiro atoms. The third-order valence-corrected chi connectivity index (χ3v) is 2.83. The minimum atomic E-state index is -1.09. The standard InChI is InChI=1S/C12H8Cl2N2O2/c13-8-3-1-4-9(7-8)16(14)11-10(12(17)18)5-2-6-15-11/h1-7H,(H,17,18). The van der Waals surface area contributed by atoms with E-state index in [0.29, 0.717) is 10.7 Å². The van der Waals surface area contributed by atoms with Gasteiger partial charge in [0, 0.05) is 23.0 Å². The van der Waals surface area contributed by atoms with Gasteiger partial charge in [0.1, 0.15) is 5.56 Å². The van der Waals surface area contributed by atoms with Gasteiger partial charge in [0.15, 0.2) is 5.82 Å². The van der Waals surface area contributed by atoms with Crippen molar-refractivity contribution in [2.45, 2.75) is 0 Å². The van der Waals surface area contributed by atoms with Gasteiger partial charge in [-0.25, -0.2) is 14.2 Å². The number of pyridine rings is 1. The number of nitrogens with zero attached hydrogens (tertiary/aromatic N) is 2. The fourth-order valence-electron chi connectivity index (χ4n) is 1.44. The summed E-state index contributed by atoms with van der Waals surface area (Å²) in [5.74, 6) is -0.945. The third-order valence-electron chi connectivity index (χ3n) is 2.24. The van der Waals surface area contributed by atoms with Crippen molar-refractivity contribution in [2.24, 2.45) is 0 Å². The van der Waals surface area contributed by atoms with Crippen LogP contribution < -0.4 is 4.42 Å². The van der Waals surface area contributed by atoms with Crippen molar-refractivity contribution in [2.75, 3.05) is 4.42 Å². The second-order valence-electron chi connectivity index (χ2n) is 3.44. The maximum atomic E-state index is 11.1. The fraction of sp³-hybridized carbons (Fsp3) is 0. The molecule has 0 atom stereocenters. The maximum absolute atomic E-state index is 11.1. The van der Waals surface area contributed by atoms with E-state index in [1.165, 1.54) is 18.3 Å². The minimum Gasteiger partial charge on any atom is -0.478 e. The molecular weight excluding hydrogens is 275 g/mol. The number of carboxylic acid groups (broad SMARTS) is 1. The van der Waals surface area contributed by atoms with Gasteiger partial charge >= 0.3 is 5.97 Å². The highest BCUT2D eigenvalue weighted by atomic mass is 35.5. The topological polar surface area (TPSA) is 53.4 Å². The molecule has 6 heteroatoms. The molecule has 18 heavy (non-hydrogen) atoms. The van der Waals surface area contributed by atoms with Crippen molar-refractivity contribution < 1.29 is 9.90 Å². The molecule has 92 valence electrons. The SMILES string of the molecule is O=C(O)c1cccnc1N(Cl)c1cccc(Cl)c1. The number of rotatable bonds is 3. The summed E-state index contributed by atoms with van der Waals surface area (Å²) in [6.07, 6.45) is 1.47. The molecule has 0 amide bonds. The zero-order chi connectivity index (χ0) is 13.1. The Labute approximate surface area is 114 Å². The van der Waals surface area contributed by atoms with Gasteiger partial charge < -0.3 is 5.11 Å². The summed E-state index contributed by atoms with van der Waals surface area (Å²) in [5, 5.41) is 9.57. The van der Waals surface area contributed by atoms with E-state index in [1.807, 2.05) is 0 Å². The quantitative estimate of drug-likeness (QED) is 0.872. The number of aromatic nitrogens is 1. The van der Waals surface area contributed by atoms with E-state index in [0.717, 1.165) is 4.42 Å². The van der Waals surface area contributed by atoms with E-state index < -0.39 is 5.97 Å². The Morgan fingerprint density at radius 3 is 2.72 bits per heavy atom. The van der Waals surface area contributed by atoms with Crippen LogP contribution in [0.15, 0.2) is 42.6 Å².